The average Bonchev–Trinajstić information content (AvgIpc) is 2.17. The summed E-state index contributed by atoms with van der Waals surface area (Å²) in [5.41, 5.74) is 5.26. The maximum Gasteiger partial charge on any atom is 0.120 e. The molecule has 78 valence electrons. The topological polar surface area (TPSA) is 55.5 Å². The van der Waals surface area contributed by atoms with Crippen molar-refractivity contribution in [1.29, 1.82) is 0 Å². The standard InChI is InChI=1S/C10H14BrNO2/c11-8-2-1-3-10(6-8)14-5-4-9(13)7-12/h1-3,6,9,13H,4-5,7,12H2. The van der Waals surface area contributed by atoms with E-state index >= 15 is 0 Å². The predicted molar refractivity (Wildman–Crippen MR) is 59.3 cm³/mol. The summed E-state index contributed by atoms with van der Waals surface area (Å²) in [4.78, 5) is 0. The van der Waals surface area contributed by atoms with Gasteiger partial charge in [-0.25, -0.2) is 0 Å². The van der Waals surface area contributed by atoms with Crippen molar-refractivity contribution in [2.75, 3.05) is 13.2 Å². The smallest absolute Gasteiger partial charge is 0.120 e. The van der Waals surface area contributed by atoms with Gasteiger partial charge < -0.3 is 15.6 Å². The van der Waals surface area contributed by atoms with Gasteiger partial charge >= 0.3 is 0 Å². The van der Waals surface area contributed by atoms with Crippen LogP contribution in [0.5, 0.6) is 5.75 Å². The van der Waals surface area contributed by atoms with E-state index in [0.29, 0.717) is 13.0 Å². The van der Waals surface area contributed by atoms with Crippen LogP contribution in [0.2, 0.25) is 0 Å². The third kappa shape index (κ3) is 4.09. The van der Waals surface area contributed by atoms with Crippen LogP contribution in [-0.4, -0.2) is 24.4 Å². The van der Waals surface area contributed by atoms with Crippen molar-refractivity contribution < 1.29 is 9.84 Å². The highest BCUT2D eigenvalue weighted by Crippen LogP contribution is 2.17. The van der Waals surface area contributed by atoms with Crippen LogP contribution in [0.4, 0.5) is 0 Å². The van der Waals surface area contributed by atoms with E-state index in [1.54, 1.807) is 0 Å². The molecule has 1 rings (SSSR count). The van der Waals surface area contributed by atoms with Crippen molar-refractivity contribution in [3.63, 3.8) is 0 Å². The molecule has 0 spiro atoms. The summed E-state index contributed by atoms with van der Waals surface area (Å²) in [5, 5.41) is 9.18. The lowest BCUT2D eigenvalue weighted by Crippen LogP contribution is -2.21. The van der Waals surface area contributed by atoms with Crippen LogP contribution in [0.15, 0.2) is 28.7 Å². The molecule has 0 aromatic heterocycles. The molecule has 1 atom stereocenters. The molecule has 0 fully saturated rings. The van der Waals surface area contributed by atoms with Crippen LogP contribution >= 0.6 is 15.9 Å². The first-order valence-electron chi connectivity index (χ1n) is 4.49. The van der Waals surface area contributed by atoms with Gasteiger partial charge in [0.1, 0.15) is 5.75 Å². The molecule has 1 aromatic rings. The molecule has 3 nitrogen and oxygen atoms in total. The Bertz CT molecular complexity index is 281. The molecule has 0 saturated carbocycles. The molecule has 0 bridgehead atoms. The molecule has 0 saturated heterocycles. The van der Waals surface area contributed by atoms with E-state index in [1.807, 2.05) is 24.3 Å². The highest BCUT2D eigenvalue weighted by atomic mass is 79.9. The number of halogens is 1. The van der Waals surface area contributed by atoms with E-state index in [0.717, 1.165) is 10.2 Å². The Morgan fingerprint density at radius 1 is 1.50 bits per heavy atom. The first kappa shape index (κ1) is 11.5. The number of aliphatic hydroxyl groups excluding tert-OH is 1. The van der Waals surface area contributed by atoms with Gasteiger partial charge in [-0.1, -0.05) is 22.0 Å². The molecular formula is C10H14BrNO2. The maximum atomic E-state index is 9.18. The lowest BCUT2D eigenvalue weighted by molar-refractivity contribution is 0.146. The van der Waals surface area contributed by atoms with Gasteiger partial charge in [0.05, 0.1) is 12.7 Å². The third-order valence-corrected chi connectivity index (χ3v) is 2.28. The van der Waals surface area contributed by atoms with Crippen LogP contribution in [0.3, 0.4) is 0 Å². The first-order chi connectivity index (χ1) is 6.72. The Labute approximate surface area is 92.0 Å². The molecule has 0 aliphatic rings. The normalized spacial score (nSPS) is 12.5. The van der Waals surface area contributed by atoms with Gasteiger partial charge in [0.2, 0.25) is 0 Å². The fourth-order valence-corrected chi connectivity index (χ4v) is 1.37. The minimum absolute atomic E-state index is 0.280. The molecule has 3 N–H and O–H groups in total. The SMILES string of the molecule is NCC(O)CCOc1cccc(Br)c1. The van der Waals surface area contributed by atoms with Crippen molar-refractivity contribution in [3.05, 3.63) is 28.7 Å². The monoisotopic (exact) mass is 259 g/mol. The molecule has 0 radical (unpaired) electrons. The second kappa shape index (κ2) is 6.01. The van der Waals surface area contributed by atoms with E-state index in [-0.39, 0.29) is 6.54 Å². The Morgan fingerprint density at radius 3 is 2.93 bits per heavy atom. The van der Waals surface area contributed by atoms with Gasteiger partial charge in [0.15, 0.2) is 0 Å². The minimum Gasteiger partial charge on any atom is -0.493 e. The van der Waals surface area contributed by atoms with E-state index in [4.69, 9.17) is 10.5 Å². The van der Waals surface area contributed by atoms with Gasteiger partial charge in [-0.3, -0.25) is 0 Å². The van der Waals surface area contributed by atoms with Gasteiger partial charge in [0.25, 0.3) is 0 Å². The summed E-state index contributed by atoms with van der Waals surface area (Å²) in [6.45, 7) is 0.761. The quantitative estimate of drug-likeness (QED) is 0.844. The third-order valence-electron chi connectivity index (χ3n) is 1.79. The number of nitrogens with two attached hydrogens (primary N) is 1. The van der Waals surface area contributed by atoms with Gasteiger partial charge in [-0.2, -0.15) is 0 Å². The summed E-state index contributed by atoms with van der Waals surface area (Å²) >= 11 is 3.35. The molecule has 14 heavy (non-hydrogen) atoms. The van der Waals surface area contributed by atoms with Crippen LogP contribution in [0.1, 0.15) is 6.42 Å². The van der Waals surface area contributed by atoms with E-state index in [2.05, 4.69) is 15.9 Å². The second-order valence-corrected chi connectivity index (χ2v) is 3.90. The summed E-state index contributed by atoms with van der Waals surface area (Å²) < 4.78 is 6.39. The molecular weight excluding hydrogens is 246 g/mol. The summed E-state index contributed by atoms with van der Waals surface area (Å²) in [5.74, 6) is 0.795. The van der Waals surface area contributed by atoms with Gasteiger partial charge in [0, 0.05) is 17.4 Å². The highest BCUT2D eigenvalue weighted by Gasteiger charge is 2.01. The molecule has 0 heterocycles. The summed E-state index contributed by atoms with van der Waals surface area (Å²) in [7, 11) is 0. The fourth-order valence-electron chi connectivity index (χ4n) is 0.987. The number of rotatable bonds is 5. The predicted octanol–water partition coefficient (Wildman–Crippen LogP) is 1.54. The van der Waals surface area contributed by atoms with E-state index < -0.39 is 6.10 Å². The van der Waals surface area contributed by atoms with Crippen LogP contribution < -0.4 is 10.5 Å². The number of ether oxygens (including phenoxy) is 1. The number of aliphatic hydroxyl groups is 1. The molecule has 4 heteroatoms. The van der Waals surface area contributed by atoms with Crippen LogP contribution in [-0.2, 0) is 0 Å². The minimum atomic E-state index is -0.470. The Kier molecular flexibility index (Phi) is 4.93. The second-order valence-electron chi connectivity index (χ2n) is 2.98. The van der Waals surface area contributed by atoms with Gasteiger partial charge in [-0.05, 0) is 18.2 Å². The Morgan fingerprint density at radius 2 is 2.29 bits per heavy atom. The van der Waals surface area contributed by atoms with Crippen LogP contribution in [0.25, 0.3) is 0 Å². The summed E-state index contributed by atoms with van der Waals surface area (Å²) in [6, 6.07) is 7.59. The molecule has 0 aliphatic heterocycles. The average molecular weight is 260 g/mol. The van der Waals surface area contributed by atoms with Crippen molar-refractivity contribution in [3.8, 4) is 5.75 Å². The number of hydrogen-bond acceptors (Lipinski definition) is 3. The Balaban J connectivity index is 2.31. The fraction of sp³-hybridized carbons (Fsp3) is 0.400. The van der Waals surface area contributed by atoms with E-state index in [1.165, 1.54) is 0 Å². The zero-order valence-electron chi connectivity index (χ0n) is 7.82. The molecule has 1 unspecified atom stereocenters. The van der Waals surface area contributed by atoms with Gasteiger partial charge in [-0.15, -0.1) is 0 Å². The lowest BCUT2D eigenvalue weighted by Gasteiger charge is -2.09. The van der Waals surface area contributed by atoms with Crippen LogP contribution in [0, 0.1) is 0 Å². The lowest BCUT2D eigenvalue weighted by atomic mass is 10.3. The van der Waals surface area contributed by atoms with Crippen molar-refractivity contribution in [2.24, 2.45) is 5.73 Å². The summed E-state index contributed by atoms with van der Waals surface area (Å²) in [6.07, 6.45) is 0.0883. The molecule has 1 aromatic carbocycles. The number of benzene rings is 1. The maximum absolute atomic E-state index is 9.18. The largest absolute Gasteiger partial charge is 0.493 e. The van der Waals surface area contributed by atoms with Crippen molar-refractivity contribution in [1.82, 2.24) is 0 Å². The Hall–Kier alpha value is -0.580. The zero-order chi connectivity index (χ0) is 10.4. The van der Waals surface area contributed by atoms with Crippen molar-refractivity contribution in [2.45, 2.75) is 12.5 Å². The number of hydrogen-bond donors (Lipinski definition) is 2. The van der Waals surface area contributed by atoms with Crippen molar-refractivity contribution >= 4 is 15.9 Å². The highest BCUT2D eigenvalue weighted by molar-refractivity contribution is 9.10. The first-order valence-corrected chi connectivity index (χ1v) is 5.28. The molecule has 0 amide bonds. The molecule has 0 aliphatic carbocycles. The zero-order valence-corrected chi connectivity index (χ0v) is 9.40. The van der Waals surface area contributed by atoms with E-state index in [9.17, 15) is 5.11 Å².